The Hall–Kier alpha value is -3.06. The summed E-state index contributed by atoms with van der Waals surface area (Å²) >= 11 is 0. The van der Waals surface area contributed by atoms with Gasteiger partial charge >= 0.3 is 0 Å². The minimum atomic E-state index is -3.57. The predicted molar refractivity (Wildman–Crippen MR) is 116 cm³/mol. The SMILES string of the molecule is N#CCCn1cc(C(=O)CN2CCN(S(=O)(=O)c3cccnc3)CC2)c2ccccc21. The van der Waals surface area contributed by atoms with Crippen molar-refractivity contribution in [3.63, 3.8) is 0 Å². The van der Waals surface area contributed by atoms with Crippen LogP contribution in [0.5, 0.6) is 0 Å². The molecule has 160 valence electrons. The summed E-state index contributed by atoms with van der Waals surface area (Å²) in [5, 5.41) is 9.77. The lowest BCUT2D eigenvalue weighted by molar-refractivity contribution is 0.0903. The van der Waals surface area contributed by atoms with Crippen LogP contribution in [0.25, 0.3) is 10.9 Å². The molecular weight excluding hydrogens is 414 g/mol. The molecule has 9 heteroatoms. The number of nitrogens with zero attached hydrogens (tertiary/aromatic N) is 5. The highest BCUT2D eigenvalue weighted by Crippen LogP contribution is 2.23. The summed E-state index contributed by atoms with van der Waals surface area (Å²) in [6, 6.07) is 13.0. The van der Waals surface area contributed by atoms with E-state index in [1.54, 1.807) is 18.3 Å². The van der Waals surface area contributed by atoms with Gasteiger partial charge in [-0.2, -0.15) is 9.57 Å². The molecule has 0 bridgehead atoms. The summed E-state index contributed by atoms with van der Waals surface area (Å²) in [6.45, 7) is 2.39. The van der Waals surface area contributed by atoms with E-state index in [1.807, 2.05) is 39.9 Å². The first-order valence-electron chi connectivity index (χ1n) is 10.1. The number of hydrogen-bond donors (Lipinski definition) is 0. The molecule has 1 saturated heterocycles. The van der Waals surface area contributed by atoms with Gasteiger partial charge in [-0.15, -0.1) is 0 Å². The first kappa shape index (κ1) is 21.2. The van der Waals surface area contributed by atoms with Crippen LogP contribution in [-0.2, 0) is 16.6 Å². The number of para-hydroxylation sites is 1. The number of rotatable bonds is 7. The minimum absolute atomic E-state index is 0.00419. The molecule has 1 aliphatic rings. The highest BCUT2D eigenvalue weighted by molar-refractivity contribution is 7.89. The van der Waals surface area contributed by atoms with E-state index in [0.717, 1.165) is 10.9 Å². The van der Waals surface area contributed by atoms with E-state index in [-0.39, 0.29) is 17.2 Å². The Bertz CT molecular complexity index is 1220. The molecule has 31 heavy (non-hydrogen) atoms. The summed E-state index contributed by atoms with van der Waals surface area (Å²) in [5.41, 5.74) is 1.58. The maximum Gasteiger partial charge on any atom is 0.244 e. The van der Waals surface area contributed by atoms with Crippen molar-refractivity contribution in [2.45, 2.75) is 17.9 Å². The van der Waals surface area contributed by atoms with E-state index in [4.69, 9.17) is 5.26 Å². The number of Topliss-reactive ketones (excluding diaryl/α,β-unsaturated/α-hetero) is 1. The number of piperazine rings is 1. The normalized spacial score (nSPS) is 15.7. The molecule has 0 aliphatic carbocycles. The number of ketones is 1. The monoisotopic (exact) mass is 437 g/mol. The molecule has 3 heterocycles. The van der Waals surface area contributed by atoms with E-state index < -0.39 is 10.0 Å². The predicted octanol–water partition coefficient (Wildman–Crippen LogP) is 2.14. The second-order valence-corrected chi connectivity index (χ2v) is 9.39. The topological polar surface area (TPSA) is 99.3 Å². The Labute approximate surface area is 181 Å². The highest BCUT2D eigenvalue weighted by Gasteiger charge is 2.29. The van der Waals surface area contributed by atoms with Crippen LogP contribution in [0.4, 0.5) is 0 Å². The maximum atomic E-state index is 13.1. The molecule has 0 radical (unpaired) electrons. The maximum absolute atomic E-state index is 13.1. The average molecular weight is 438 g/mol. The third-order valence-corrected chi connectivity index (χ3v) is 7.41. The zero-order valence-electron chi connectivity index (χ0n) is 17.0. The quantitative estimate of drug-likeness (QED) is 0.525. The molecule has 4 rings (SSSR count). The van der Waals surface area contributed by atoms with E-state index in [1.165, 1.54) is 10.5 Å². The van der Waals surface area contributed by atoms with Gasteiger partial charge in [0, 0.05) is 67.8 Å². The number of hydrogen-bond acceptors (Lipinski definition) is 6. The van der Waals surface area contributed by atoms with Crippen molar-refractivity contribution >= 4 is 26.7 Å². The van der Waals surface area contributed by atoms with Gasteiger partial charge in [-0.25, -0.2) is 8.42 Å². The molecule has 0 saturated carbocycles. The lowest BCUT2D eigenvalue weighted by Crippen LogP contribution is -2.49. The lowest BCUT2D eigenvalue weighted by Gasteiger charge is -2.33. The van der Waals surface area contributed by atoms with Crippen LogP contribution in [0.1, 0.15) is 16.8 Å². The van der Waals surface area contributed by atoms with Gasteiger partial charge in [0.05, 0.1) is 19.0 Å². The molecule has 2 aromatic heterocycles. The summed E-state index contributed by atoms with van der Waals surface area (Å²) < 4.78 is 28.9. The first-order valence-corrected chi connectivity index (χ1v) is 11.6. The number of aryl methyl sites for hydroxylation is 1. The molecule has 1 aromatic carbocycles. The molecule has 1 fully saturated rings. The Morgan fingerprint density at radius 1 is 1.10 bits per heavy atom. The molecule has 0 atom stereocenters. The molecular formula is C22H23N5O3S. The van der Waals surface area contributed by atoms with Gasteiger partial charge < -0.3 is 4.57 Å². The van der Waals surface area contributed by atoms with Gasteiger partial charge in [0.15, 0.2) is 5.78 Å². The van der Waals surface area contributed by atoms with Crippen molar-refractivity contribution in [1.29, 1.82) is 5.26 Å². The van der Waals surface area contributed by atoms with Gasteiger partial charge in [-0.05, 0) is 18.2 Å². The van der Waals surface area contributed by atoms with Crippen LogP contribution < -0.4 is 0 Å². The van der Waals surface area contributed by atoms with Gasteiger partial charge in [-0.3, -0.25) is 14.7 Å². The van der Waals surface area contributed by atoms with E-state index in [0.29, 0.717) is 44.7 Å². The summed E-state index contributed by atoms with van der Waals surface area (Å²) in [4.78, 5) is 19.1. The van der Waals surface area contributed by atoms with Crippen LogP contribution in [0.15, 0.2) is 59.9 Å². The molecule has 0 amide bonds. The third kappa shape index (κ3) is 4.37. The number of pyridine rings is 1. The zero-order chi connectivity index (χ0) is 21.8. The van der Waals surface area contributed by atoms with Gasteiger partial charge in [0.25, 0.3) is 0 Å². The van der Waals surface area contributed by atoms with Crippen molar-refractivity contribution in [2.75, 3.05) is 32.7 Å². The lowest BCUT2D eigenvalue weighted by atomic mass is 10.1. The smallest absolute Gasteiger partial charge is 0.244 e. The van der Waals surface area contributed by atoms with E-state index in [2.05, 4.69) is 11.1 Å². The number of fused-ring (bicyclic) bond motifs is 1. The van der Waals surface area contributed by atoms with Crippen LogP contribution in [0.2, 0.25) is 0 Å². The molecule has 3 aromatic rings. The molecule has 1 aliphatic heterocycles. The highest BCUT2D eigenvalue weighted by atomic mass is 32.2. The fourth-order valence-electron chi connectivity index (χ4n) is 3.89. The molecule has 8 nitrogen and oxygen atoms in total. The van der Waals surface area contributed by atoms with Crippen molar-refractivity contribution in [3.05, 3.63) is 60.6 Å². The van der Waals surface area contributed by atoms with Crippen LogP contribution in [0, 0.1) is 11.3 Å². The van der Waals surface area contributed by atoms with Crippen molar-refractivity contribution in [1.82, 2.24) is 18.8 Å². The van der Waals surface area contributed by atoms with Gasteiger partial charge in [-0.1, -0.05) is 18.2 Å². The van der Waals surface area contributed by atoms with Gasteiger partial charge in [0.1, 0.15) is 4.90 Å². The Morgan fingerprint density at radius 3 is 2.58 bits per heavy atom. The Morgan fingerprint density at radius 2 is 1.87 bits per heavy atom. The van der Waals surface area contributed by atoms with Crippen molar-refractivity contribution in [2.24, 2.45) is 0 Å². The largest absolute Gasteiger partial charge is 0.346 e. The summed E-state index contributed by atoms with van der Waals surface area (Å²) in [7, 11) is -3.57. The van der Waals surface area contributed by atoms with Crippen molar-refractivity contribution in [3.8, 4) is 6.07 Å². The number of nitriles is 1. The molecule has 0 unspecified atom stereocenters. The zero-order valence-corrected chi connectivity index (χ0v) is 17.8. The van der Waals surface area contributed by atoms with E-state index in [9.17, 15) is 13.2 Å². The number of carbonyl (C=O) groups excluding carboxylic acids is 1. The number of carbonyl (C=O) groups is 1. The van der Waals surface area contributed by atoms with Crippen molar-refractivity contribution < 1.29 is 13.2 Å². The molecule has 0 spiro atoms. The second kappa shape index (κ2) is 8.98. The summed E-state index contributed by atoms with van der Waals surface area (Å²) in [5.74, 6) is -0.00419. The average Bonchev–Trinajstić information content (AvgIpc) is 3.17. The fourth-order valence-corrected chi connectivity index (χ4v) is 5.28. The van der Waals surface area contributed by atoms with Crippen LogP contribution >= 0.6 is 0 Å². The van der Waals surface area contributed by atoms with Crippen LogP contribution in [-0.4, -0.2) is 65.7 Å². The minimum Gasteiger partial charge on any atom is -0.346 e. The number of sulfonamides is 1. The fraction of sp³-hybridized carbons (Fsp3) is 0.318. The molecule has 0 N–H and O–H groups in total. The number of benzene rings is 1. The van der Waals surface area contributed by atoms with Crippen LogP contribution in [0.3, 0.4) is 0 Å². The Kier molecular flexibility index (Phi) is 6.13. The standard InChI is InChI=1S/C22H23N5O3S/c23-8-4-10-26-16-20(19-6-1-2-7-21(19)26)22(28)17-25-11-13-27(14-12-25)31(29,30)18-5-3-9-24-15-18/h1-3,5-7,9,15-16H,4,10-14,17H2. The van der Waals surface area contributed by atoms with E-state index >= 15 is 0 Å². The summed E-state index contributed by atoms with van der Waals surface area (Å²) in [6.07, 6.45) is 5.10. The third-order valence-electron chi connectivity index (χ3n) is 5.52. The van der Waals surface area contributed by atoms with Gasteiger partial charge in [0.2, 0.25) is 10.0 Å². The number of aromatic nitrogens is 2. The second-order valence-electron chi connectivity index (χ2n) is 7.45. The first-order chi connectivity index (χ1) is 15.0. The Balaban J connectivity index is 1.44.